The van der Waals surface area contributed by atoms with E-state index in [0.717, 1.165) is 4.57 Å². The van der Waals surface area contributed by atoms with Crippen LogP contribution in [-0.2, 0) is 17.5 Å². The quantitative estimate of drug-likeness (QED) is 0.568. The van der Waals surface area contributed by atoms with Crippen molar-refractivity contribution in [1.82, 2.24) is 20.0 Å². The van der Waals surface area contributed by atoms with E-state index >= 15 is 0 Å². The Morgan fingerprint density at radius 2 is 2.08 bits per heavy atom. The number of benzene rings is 1. The minimum atomic E-state index is -4.66. The monoisotopic (exact) mass is 335 g/mol. The second-order valence-electron chi connectivity index (χ2n) is 4.93. The van der Waals surface area contributed by atoms with Gasteiger partial charge in [0.2, 0.25) is 5.82 Å². The number of carbonyl (C=O) groups is 1. The summed E-state index contributed by atoms with van der Waals surface area (Å²) in [5.74, 6) is -1.81. The third kappa shape index (κ3) is 3.29. The Morgan fingerprint density at radius 3 is 2.79 bits per heavy atom. The lowest BCUT2D eigenvalue weighted by atomic mass is 10.3. The van der Waals surface area contributed by atoms with Crippen LogP contribution in [0.1, 0.15) is 11.5 Å². The second kappa shape index (κ2) is 6.19. The van der Waals surface area contributed by atoms with Gasteiger partial charge in [0.1, 0.15) is 6.54 Å². The molecule has 1 aromatic carbocycles. The van der Waals surface area contributed by atoms with Crippen LogP contribution in [0.2, 0.25) is 0 Å². The molecule has 2 heterocycles. The first-order valence-corrected chi connectivity index (χ1v) is 6.93. The molecule has 0 aliphatic heterocycles. The lowest BCUT2D eigenvalue weighted by Gasteiger charge is -2.10. The number of hydrogen-bond acceptors (Lipinski definition) is 3. The number of fused-ring (bicyclic) bond motifs is 1. The van der Waals surface area contributed by atoms with Crippen molar-refractivity contribution >= 4 is 23.2 Å². The van der Waals surface area contributed by atoms with Crippen LogP contribution in [0.5, 0.6) is 0 Å². The van der Waals surface area contributed by atoms with Crippen molar-refractivity contribution in [3.63, 3.8) is 0 Å². The summed E-state index contributed by atoms with van der Waals surface area (Å²) in [6, 6.07) is 9.58. The van der Waals surface area contributed by atoms with Crippen molar-refractivity contribution in [2.24, 2.45) is 5.10 Å². The van der Waals surface area contributed by atoms with E-state index < -0.39 is 24.5 Å². The highest BCUT2D eigenvalue weighted by atomic mass is 19.4. The molecule has 0 aliphatic rings. The smallest absolute Gasteiger partial charge is 0.360 e. The molecule has 2 N–H and O–H groups in total. The van der Waals surface area contributed by atoms with Crippen molar-refractivity contribution in [3.05, 3.63) is 54.1 Å². The zero-order valence-electron chi connectivity index (χ0n) is 12.2. The van der Waals surface area contributed by atoms with Gasteiger partial charge in [0.15, 0.2) is 0 Å². The summed E-state index contributed by atoms with van der Waals surface area (Å²) in [7, 11) is 0. The van der Waals surface area contributed by atoms with E-state index in [-0.39, 0.29) is 11.0 Å². The molecule has 0 atom stereocenters. The normalized spacial score (nSPS) is 12.1. The highest BCUT2D eigenvalue weighted by Crippen LogP contribution is 2.31. The molecule has 3 aromatic rings. The maximum absolute atomic E-state index is 13.1. The van der Waals surface area contributed by atoms with Gasteiger partial charge in [-0.15, -0.1) is 0 Å². The summed E-state index contributed by atoms with van der Waals surface area (Å²) >= 11 is 0. The lowest BCUT2D eigenvalue weighted by molar-refractivity contribution is -0.147. The largest absolute Gasteiger partial charge is 0.449 e. The molecule has 2 aromatic heterocycles. The highest BCUT2D eigenvalue weighted by Gasteiger charge is 2.37. The zero-order chi connectivity index (χ0) is 17.2. The first-order valence-electron chi connectivity index (χ1n) is 6.93. The fraction of sp³-hybridized carbons (Fsp3) is 0.133. The number of carbonyl (C=O) groups excluding carboxylic acids is 1. The number of halogens is 3. The highest BCUT2D eigenvalue weighted by molar-refractivity contribution is 5.83. The van der Waals surface area contributed by atoms with E-state index in [4.69, 9.17) is 0 Å². The molecule has 0 fully saturated rings. The number of H-pyrrole nitrogens is 1. The number of rotatable bonds is 4. The van der Waals surface area contributed by atoms with Crippen LogP contribution < -0.4 is 5.43 Å². The maximum Gasteiger partial charge on any atom is 0.449 e. The predicted octanol–water partition coefficient (Wildman–Crippen LogP) is 2.53. The summed E-state index contributed by atoms with van der Waals surface area (Å²) in [5.41, 5.74) is 3.25. The van der Waals surface area contributed by atoms with Gasteiger partial charge in [0.05, 0.1) is 22.9 Å². The summed E-state index contributed by atoms with van der Waals surface area (Å²) in [4.78, 5) is 18.3. The number of aromatic nitrogens is 3. The van der Waals surface area contributed by atoms with Gasteiger partial charge in [-0.3, -0.25) is 4.79 Å². The molecule has 0 bridgehead atoms. The lowest BCUT2D eigenvalue weighted by Crippen LogP contribution is -2.26. The number of amides is 1. The van der Waals surface area contributed by atoms with Gasteiger partial charge in [0.25, 0.3) is 5.91 Å². The Labute approximate surface area is 134 Å². The summed E-state index contributed by atoms with van der Waals surface area (Å²) in [5, 5.41) is 3.70. The molecule has 0 aliphatic carbocycles. The molecule has 0 spiro atoms. The van der Waals surface area contributed by atoms with E-state index in [1.165, 1.54) is 18.3 Å². The van der Waals surface area contributed by atoms with Gasteiger partial charge < -0.3 is 9.55 Å². The Balaban J connectivity index is 1.82. The van der Waals surface area contributed by atoms with Gasteiger partial charge >= 0.3 is 6.18 Å². The molecule has 6 nitrogen and oxygen atoms in total. The molecule has 24 heavy (non-hydrogen) atoms. The van der Waals surface area contributed by atoms with E-state index in [9.17, 15) is 18.0 Å². The van der Waals surface area contributed by atoms with Crippen molar-refractivity contribution in [2.45, 2.75) is 12.7 Å². The second-order valence-corrected chi connectivity index (χ2v) is 4.93. The average molecular weight is 335 g/mol. The summed E-state index contributed by atoms with van der Waals surface area (Å²) < 4.78 is 40.2. The number of aromatic amines is 1. The number of alkyl halides is 3. The topological polar surface area (TPSA) is 75.1 Å². The van der Waals surface area contributed by atoms with E-state index in [2.05, 4.69) is 20.5 Å². The minimum Gasteiger partial charge on any atom is -0.360 e. The fourth-order valence-electron chi connectivity index (χ4n) is 2.23. The SMILES string of the molecule is O=C(Cn1c(C(F)(F)F)nc2ccccc21)N/N=C\c1ccc[nH]1. The van der Waals surface area contributed by atoms with Crippen molar-refractivity contribution in [2.75, 3.05) is 0 Å². The van der Waals surface area contributed by atoms with Crippen LogP contribution in [0.15, 0.2) is 47.7 Å². The number of hydrazone groups is 1. The molecule has 1 amide bonds. The maximum atomic E-state index is 13.1. The van der Waals surface area contributed by atoms with E-state index in [0.29, 0.717) is 5.69 Å². The fourth-order valence-corrected chi connectivity index (χ4v) is 2.23. The molecular weight excluding hydrogens is 323 g/mol. The third-order valence-corrected chi connectivity index (χ3v) is 3.22. The third-order valence-electron chi connectivity index (χ3n) is 3.22. The minimum absolute atomic E-state index is 0.174. The van der Waals surface area contributed by atoms with Gasteiger partial charge in [-0.25, -0.2) is 10.4 Å². The van der Waals surface area contributed by atoms with E-state index in [1.807, 2.05) is 0 Å². The number of hydrogen-bond donors (Lipinski definition) is 2. The van der Waals surface area contributed by atoms with Crippen LogP contribution in [0.25, 0.3) is 11.0 Å². The molecule has 0 saturated carbocycles. The zero-order valence-corrected chi connectivity index (χ0v) is 12.2. The predicted molar refractivity (Wildman–Crippen MR) is 81.3 cm³/mol. The Hall–Kier alpha value is -3.10. The van der Waals surface area contributed by atoms with Crippen LogP contribution in [0.4, 0.5) is 13.2 Å². The van der Waals surface area contributed by atoms with Crippen LogP contribution in [-0.4, -0.2) is 26.7 Å². The first kappa shape index (κ1) is 15.8. The van der Waals surface area contributed by atoms with Crippen LogP contribution in [0.3, 0.4) is 0 Å². The first-order chi connectivity index (χ1) is 11.4. The summed E-state index contributed by atoms with van der Waals surface area (Å²) in [6.07, 6.45) is -1.63. The molecule has 0 radical (unpaired) electrons. The number of para-hydroxylation sites is 2. The van der Waals surface area contributed by atoms with Gasteiger partial charge in [-0.05, 0) is 24.3 Å². The molecule has 124 valence electrons. The molecule has 0 unspecified atom stereocenters. The Bertz CT molecular complexity index is 880. The summed E-state index contributed by atoms with van der Waals surface area (Å²) in [6.45, 7) is -0.544. The van der Waals surface area contributed by atoms with Gasteiger partial charge in [-0.1, -0.05) is 12.1 Å². The Kier molecular flexibility index (Phi) is 4.07. The van der Waals surface area contributed by atoms with Crippen molar-refractivity contribution in [3.8, 4) is 0 Å². The number of nitrogens with zero attached hydrogens (tertiary/aromatic N) is 3. The molecular formula is C15H12F3N5O. The van der Waals surface area contributed by atoms with Crippen molar-refractivity contribution in [1.29, 1.82) is 0 Å². The standard InChI is InChI=1S/C15H12F3N5O/c16-15(17,18)14-21-11-5-1-2-6-12(11)23(14)9-13(24)22-20-8-10-4-3-7-19-10/h1-8,19H,9H2,(H,22,24)/b20-8-. The molecule has 9 heteroatoms. The number of nitrogens with one attached hydrogen (secondary N) is 2. The molecule has 3 rings (SSSR count). The number of imidazole rings is 1. The van der Waals surface area contributed by atoms with Gasteiger partial charge in [0, 0.05) is 6.20 Å². The van der Waals surface area contributed by atoms with Crippen LogP contribution in [0, 0.1) is 0 Å². The average Bonchev–Trinajstić information content (AvgIpc) is 3.15. The van der Waals surface area contributed by atoms with Crippen molar-refractivity contribution < 1.29 is 18.0 Å². The molecule has 0 saturated heterocycles. The van der Waals surface area contributed by atoms with Crippen LogP contribution >= 0.6 is 0 Å². The van der Waals surface area contributed by atoms with E-state index in [1.54, 1.807) is 30.5 Å². The Morgan fingerprint density at radius 1 is 1.29 bits per heavy atom. The van der Waals surface area contributed by atoms with Gasteiger partial charge in [-0.2, -0.15) is 18.3 Å².